The van der Waals surface area contributed by atoms with Crippen molar-refractivity contribution in [1.29, 1.82) is 0 Å². The maximum atomic E-state index is 12.6. The number of ether oxygens (including phenoxy) is 2. The zero-order chi connectivity index (χ0) is 16.3. The van der Waals surface area contributed by atoms with Crippen LogP contribution in [0, 0.1) is 0 Å². The van der Waals surface area contributed by atoms with E-state index in [1.165, 1.54) is 19.2 Å². The summed E-state index contributed by atoms with van der Waals surface area (Å²) in [5.41, 5.74) is -1.15. The van der Waals surface area contributed by atoms with Crippen molar-refractivity contribution in [2.24, 2.45) is 0 Å². The zero-order valence-corrected chi connectivity index (χ0v) is 12.0. The van der Waals surface area contributed by atoms with Crippen LogP contribution in [0.15, 0.2) is 36.4 Å². The van der Waals surface area contributed by atoms with Gasteiger partial charge in [-0.15, -0.1) is 0 Å². The van der Waals surface area contributed by atoms with Gasteiger partial charge in [-0.1, -0.05) is 11.6 Å². The molecule has 0 bridgehead atoms. The van der Waals surface area contributed by atoms with E-state index >= 15 is 0 Å². The molecule has 0 radical (unpaired) electrons. The Bertz CT molecular complexity index is 699. The highest BCUT2D eigenvalue weighted by molar-refractivity contribution is 6.32. The first-order valence-electron chi connectivity index (χ1n) is 6.03. The Balaban J connectivity index is 2.35. The number of hydrogen-bond donors (Lipinski definition) is 0. The van der Waals surface area contributed by atoms with Crippen LogP contribution in [-0.2, 0) is 6.18 Å². The average molecular weight is 331 g/mol. The second-order valence-corrected chi connectivity index (χ2v) is 4.67. The standard InChI is InChI=1S/C15H10ClF3O3/c1-21-11-3-5-14(12(16)7-11)22-13-4-2-10(15(17,18)19)6-9(13)8-20/h2-8H,1H3. The van der Waals surface area contributed by atoms with Gasteiger partial charge in [-0.25, -0.2) is 0 Å². The van der Waals surface area contributed by atoms with Gasteiger partial charge < -0.3 is 9.47 Å². The van der Waals surface area contributed by atoms with Gasteiger partial charge in [-0.3, -0.25) is 4.79 Å². The first kappa shape index (κ1) is 16.2. The number of carbonyl (C=O) groups is 1. The number of halogens is 4. The maximum absolute atomic E-state index is 12.6. The Morgan fingerprint density at radius 3 is 2.32 bits per heavy atom. The van der Waals surface area contributed by atoms with Gasteiger partial charge >= 0.3 is 6.18 Å². The Hall–Kier alpha value is -2.21. The molecule has 7 heteroatoms. The zero-order valence-electron chi connectivity index (χ0n) is 11.3. The quantitative estimate of drug-likeness (QED) is 0.742. The molecular weight excluding hydrogens is 321 g/mol. The normalized spacial score (nSPS) is 11.1. The van der Waals surface area contributed by atoms with Gasteiger partial charge in [0.15, 0.2) is 6.29 Å². The second-order valence-electron chi connectivity index (χ2n) is 4.27. The third kappa shape index (κ3) is 3.51. The largest absolute Gasteiger partial charge is 0.497 e. The molecule has 0 heterocycles. The molecule has 0 unspecified atom stereocenters. The molecule has 0 atom stereocenters. The van der Waals surface area contributed by atoms with E-state index in [1.54, 1.807) is 6.07 Å². The fourth-order valence-corrected chi connectivity index (χ4v) is 1.93. The van der Waals surface area contributed by atoms with Gasteiger partial charge in [0, 0.05) is 6.07 Å². The first-order valence-corrected chi connectivity index (χ1v) is 6.40. The third-order valence-corrected chi connectivity index (χ3v) is 3.12. The Morgan fingerprint density at radius 2 is 1.77 bits per heavy atom. The molecule has 0 aromatic heterocycles. The van der Waals surface area contributed by atoms with Crippen LogP contribution in [0.4, 0.5) is 13.2 Å². The molecule has 0 saturated carbocycles. The number of benzene rings is 2. The van der Waals surface area contributed by atoms with Crippen LogP contribution < -0.4 is 9.47 Å². The molecule has 0 fully saturated rings. The van der Waals surface area contributed by atoms with Gasteiger partial charge in [0.25, 0.3) is 0 Å². The van der Waals surface area contributed by atoms with Crippen LogP contribution in [0.1, 0.15) is 15.9 Å². The van der Waals surface area contributed by atoms with Crippen molar-refractivity contribution in [3.8, 4) is 17.2 Å². The summed E-state index contributed by atoms with van der Waals surface area (Å²) in [6, 6.07) is 7.19. The van der Waals surface area contributed by atoms with Gasteiger partial charge in [-0.05, 0) is 30.3 Å². The lowest BCUT2D eigenvalue weighted by Gasteiger charge is -2.13. The number of alkyl halides is 3. The number of aldehydes is 1. The highest BCUT2D eigenvalue weighted by Crippen LogP contribution is 2.36. The van der Waals surface area contributed by atoms with Crippen molar-refractivity contribution in [3.05, 3.63) is 52.5 Å². The second kappa shape index (κ2) is 6.27. The molecule has 0 aliphatic rings. The Morgan fingerprint density at radius 1 is 1.09 bits per heavy atom. The molecule has 2 aromatic carbocycles. The number of hydrogen-bond acceptors (Lipinski definition) is 3. The molecule has 0 aliphatic carbocycles. The minimum absolute atomic E-state index is 0.0185. The smallest absolute Gasteiger partial charge is 0.416 e. The SMILES string of the molecule is COc1ccc(Oc2ccc(C(F)(F)F)cc2C=O)c(Cl)c1. The average Bonchev–Trinajstić information content (AvgIpc) is 2.48. The lowest BCUT2D eigenvalue weighted by atomic mass is 10.1. The van der Waals surface area contributed by atoms with Gasteiger partial charge in [0.05, 0.1) is 23.3 Å². The number of methoxy groups -OCH3 is 1. The van der Waals surface area contributed by atoms with Crippen molar-refractivity contribution in [3.63, 3.8) is 0 Å². The summed E-state index contributed by atoms with van der Waals surface area (Å²) in [5.74, 6) is 0.681. The summed E-state index contributed by atoms with van der Waals surface area (Å²) < 4.78 is 48.2. The van der Waals surface area contributed by atoms with Crippen molar-refractivity contribution in [2.75, 3.05) is 7.11 Å². The molecule has 22 heavy (non-hydrogen) atoms. The van der Waals surface area contributed by atoms with Gasteiger partial charge in [0.1, 0.15) is 17.2 Å². The van der Waals surface area contributed by atoms with E-state index in [0.29, 0.717) is 12.0 Å². The van der Waals surface area contributed by atoms with Crippen LogP contribution >= 0.6 is 11.6 Å². The molecule has 0 N–H and O–H groups in total. The van der Waals surface area contributed by atoms with Crippen LogP contribution in [0.5, 0.6) is 17.2 Å². The lowest BCUT2D eigenvalue weighted by Crippen LogP contribution is -2.06. The summed E-state index contributed by atoms with van der Waals surface area (Å²) in [5, 5.41) is 0.205. The monoisotopic (exact) mass is 330 g/mol. The predicted molar refractivity (Wildman–Crippen MR) is 74.9 cm³/mol. The minimum atomic E-state index is -4.53. The topological polar surface area (TPSA) is 35.5 Å². The Labute approximate surface area is 129 Å². The van der Waals surface area contributed by atoms with Crippen molar-refractivity contribution in [2.45, 2.75) is 6.18 Å². The summed E-state index contributed by atoms with van der Waals surface area (Å²) in [6.07, 6.45) is -4.24. The number of carbonyl (C=O) groups excluding carboxylic acids is 1. The molecule has 3 nitrogen and oxygen atoms in total. The Kier molecular flexibility index (Phi) is 4.61. The van der Waals surface area contributed by atoms with Crippen molar-refractivity contribution in [1.82, 2.24) is 0 Å². The molecular formula is C15H10ClF3O3. The van der Waals surface area contributed by atoms with Crippen LogP contribution in [-0.4, -0.2) is 13.4 Å². The van der Waals surface area contributed by atoms with Gasteiger partial charge in [-0.2, -0.15) is 13.2 Å². The van der Waals surface area contributed by atoms with E-state index < -0.39 is 11.7 Å². The molecule has 0 saturated heterocycles. The van der Waals surface area contributed by atoms with Crippen LogP contribution in [0.2, 0.25) is 5.02 Å². The summed E-state index contributed by atoms with van der Waals surface area (Å²) in [6.45, 7) is 0. The van der Waals surface area contributed by atoms with E-state index in [2.05, 4.69) is 0 Å². The minimum Gasteiger partial charge on any atom is -0.497 e. The van der Waals surface area contributed by atoms with Crippen molar-refractivity contribution >= 4 is 17.9 Å². The fraction of sp³-hybridized carbons (Fsp3) is 0.133. The first-order chi connectivity index (χ1) is 10.3. The van der Waals surface area contributed by atoms with Crippen molar-refractivity contribution < 1.29 is 27.4 Å². The molecule has 0 amide bonds. The summed E-state index contributed by atoms with van der Waals surface area (Å²) in [4.78, 5) is 11.0. The number of rotatable bonds is 4. The highest BCUT2D eigenvalue weighted by Gasteiger charge is 2.31. The highest BCUT2D eigenvalue weighted by atomic mass is 35.5. The maximum Gasteiger partial charge on any atom is 0.416 e. The van der Waals surface area contributed by atoms with E-state index in [9.17, 15) is 18.0 Å². The van der Waals surface area contributed by atoms with E-state index in [-0.39, 0.29) is 22.1 Å². The molecule has 0 aliphatic heterocycles. The molecule has 116 valence electrons. The molecule has 2 aromatic rings. The van der Waals surface area contributed by atoms with E-state index in [0.717, 1.165) is 18.2 Å². The fourth-order valence-electron chi connectivity index (χ4n) is 1.72. The summed E-state index contributed by atoms with van der Waals surface area (Å²) >= 11 is 5.98. The summed E-state index contributed by atoms with van der Waals surface area (Å²) in [7, 11) is 1.46. The van der Waals surface area contributed by atoms with E-state index in [1.807, 2.05) is 0 Å². The van der Waals surface area contributed by atoms with E-state index in [4.69, 9.17) is 21.1 Å². The lowest BCUT2D eigenvalue weighted by molar-refractivity contribution is -0.137. The predicted octanol–water partition coefficient (Wildman–Crippen LogP) is 4.97. The molecule has 2 rings (SSSR count). The third-order valence-electron chi connectivity index (χ3n) is 2.82. The van der Waals surface area contributed by atoms with Gasteiger partial charge in [0.2, 0.25) is 0 Å². The van der Waals surface area contributed by atoms with Crippen LogP contribution in [0.3, 0.4) is 0 Å². The molecule has 0 spiro atoms. The van der Waals surface area contributed by atoms with Crippen LogP contribution in [0.25, 0.3) is 0 Å².